The molecular formula is C17H27NO. The molecule has 2 heteroatoms. The fraction of sp³-hybridized carbons (Fsp3) is 0.647. The Morgan fingerprint density at radius 1 is 1.26 bits per heavy atom. The van der Waals surface area contributed by atoms with Crippen LogP contribution in [0.2, 0.25) is 0 Å². The molecule has 0 saturated heterocycles. The van der Waals surface area contributed by atoms with E-state index in [-0.39, 0.29) is 12.1 Å². The Kier molecular flexibility index (Phi) is 4.87. The van der Waals surface area contributed by atoms with Gasteiger partial charge < -0.3 is 10.5 Å². The molecule has 1 fully saturated rings. The normalized spacial score (nSPS) is 24.7. The third-order valence-corrected chi connectivity index (χ3v) is 4.31. The van der Waals surface area contributed by atoms with E-state index in [1.807, 2.05) is 12.1 Å². The number of para-hydroxylation sites is 1. The van der Waals surface area contributed by atoms with Crippen LogP contribution >= 0.6 is 0 Å². The number of benzene rings is 1. The first-order valence-electron chi connectivity index (χ1n) is 7.63. The van der Waals surface area contributed by atoms with Gasteiger partial charge in [-0.05, 0) is 44.6 Å². The molecular weight excluding hydrogens is 234 g/mol. The zero-order valence-electron chi connectivity index (χ0n) is 12.4. The quantitative estimate of drug-likeness (QED) is 0.857. The summed E-state index contributed by atoms with van der Waals surface area (Å²) in [6, 6.07) is 8.38. The molecule has 0 radical (unpaired) electrons. The van der Waals surface area contributed by atoms with Crippen molar-refractivity contribution in [3.63, 3.8) is 0 Å². The Morgan fingerprint density at radius 2 is 2.00 bits per heavy atom. The van der Waals surface area contributed by atoms with Crippen LogP contribution in [0.1, 0.15) is 58.1 Å². The average molecular weight is 261 g/mol. The lowest BCUT2D eigenvalue weighted by atomic mass is 9.90. The second kappa shape index (κ2) is 6.42. The van der Waals surface area contributed by atoms with E-state index >= 15 is 0 Å². The van der Waals surface area contributed by atoms with Gasteiger partial charge in [-0.2, -0.15) is 0 Å². The van der Waals surface area contributed by atoms with Crippen LogP contribution in [0.4, 0.5) is 0 Å². The van der Waals surface area contributed by atoms with Crippen molar-refractivity contribution in [2.75, 3.05) is 0 Å². The van der Waals surface area contributed by atoms with Crippen molar-refractivity contribution >= 4 is 0 Å². The molecule has 0 heterocycles. The van der Waals surface area contributed by atoms with Crippen molar-refractivity contribution in [3.05, 3.63) is 29.8 Å². The molecule has 2 N–H and O–H groups in total. The van der Waals surface area contributed by atoms with E-state index in [4.69, 9.17) is 10.5 Å². The summed E-state index contributed by atoms with van der Waals surface area (Å²) < 4.78 is 5.90. The Balaban J connectivity index is 2.12. The molecule has 1 aromatic carbocycles. The van der Waals surface area contributed by atoms with E-state index in [0.29, 0.717) is 5.92 Å². The average Bonchev–Trinajstić information content (AvgIpc) is 2.86. The van der Waals surface area contributed by atoms with Gasteiger partial charge in [0.05, 0.1) is 6.10 Å². The van der Waals surface area contributed by atoms with Crippen LogP contribution in [0.25, 0.3) is 0 Å². The summed E-state index contributed by atoms with van der Waals surface area (Å²) in [5, 5.41) is 0. The minimum atomic E-state index is 0.117. The van der Waals surface area contributed by atoms with Gasteiger partial charge in [0, 0.05) is 11.6 Å². The Morgan fingerprint density at radius 3 is 2.63 bits per heavy atom. The summed E-state index contributed by atoms with van der Waals surface area (Å²) in [5.41, 5.74) is 7.69. The minimum absolute atomic E-state index is 0.117. The smallest absolute Gasteiger partial charge is 0.124 e. The summed E-state index contributed by atoms with van der Waals surface area (Å²) in [4.78, 5) is 0. The summed E-state index contributed by atoms with van der Waals surface area (Å²) in [6.07, 6.45) is 5.35. The van der Waals surface area contributed by atoms with Crippen LogP contribution in [0.3, 0.4) is 0 Å². The highest BCUT2D eigenvalue weighted by Gasteiger charge is 2.30. The van der Waals surface area contributed by atoms with Gasteiger partial charge in [-0.25, -0.2) is 0 Å². The highest BCUT2D eigenvalue weighted by molar-refractivity contribution is 5.36. The molecule has 106 valence electrons. The van der Waals surface area contributed by atoms with Crippen LogP contribution in [0, 0.1) is 11.8 Å². The molecule has 0 bridgehead atoms. The van der Waals surface area contributed by atoms with Crippen molar-refractivity contribution in [1.29, 1.82) is 0 Å². The van der Waals surface area contributed by atoms with Gasteiger partial charge in [0.2, 0.25) is 0 Å². The first-order valence-corrected chi connectivity index (χ1v) is 7.63. The van der Waals surface area contributed by atoms with Crippen molar-refractivity contribution in [2.24, 2.45) is 17.6 Å². The van der Waals surface area contributed by atoms with E-state index < -0.39 is 0 Å². The predicted molar refractivity (Wildman–Crippen MR) is 80.3 cm³/mol. The van der Waals surface area contributed by atoms with E-state index in [9.17, 15) is 0 Å². The number of ether oxygens (including phenoxy) is 1. The van der Waals surface area contributed by atoms with E-state index in [0.717, 1.165) is 11.7 Å². The molecule has 0 spiro atoms. The summed E-state index contributed by atoms with van der Waals surface area (Å²) in [7, 11) is 0. The van der Waals surface area contributed by atoms with Gasteiger partial charge in [-0.1, -0.05) is 38.0 Å². The lowest BCUT2D eigenvalue weighted by molar-refractivity contribution is 0.236. The minimum Gasteiger partial charge on any atom is -0.491 e. The van der Waals surface area contributed by atoms with Crippen LogP contribution in [0.5, 0.6) is 5.75 Å². The topological polar surface area (TPSA) is 35.2 Å². The van der Waals surface area contributed by atoms with Crippen LogP contribution < -0.4 is 10.5 Å². The molecule has 0 aliphatic heterocycles. The standard InChI is InChI=1S/C17H27NO/c1-4-13-9-10-14(11-13)17(18)15-7-5-6-8-16(15)19-12(2)3/h5-8,12-14,17H,4,9-11,18H2,1-3H3. The summed E-state index contributed by atoms with van der Waals surface area (Å²) >= 11 is 0. The first-order chi connectivity index (χ1) is 9.11. The maximum absolute atomic E-state index is 6.51. The third kappa shape index (κ3) is 3.50. The van der Waals surface area contributed by atoms with Crippen molar-refractivity contribution < 1.29 is 4.74 Å². The molecule has 1 saturated carbocycles. The SMILES string of the molecule is CCC1CCC(C(N)c2ccccc2OC(C)C)C1. The summed E-state index contributed by atoms with van der Waals surface area (Å²) in [5.74, 6) is 2.45. The summed E-state index contributed by atoms with van der Waals surface area (Å²) in [6.45, 7) is 6.41. The molecule has 19 heavy (non-hydrogen) atoms. The van der Waals surface area contributed by atoms with Crippen LogP contribution in [-0.4, -0.2) is 6.10 Å². The number of hydrogen-bond donors (Lipinski definition) is 1. The van der Waals surface area contributed by atoms with Gasteiger partial charge in [-0.15, -0.1) is 0 Å². The second-order valence-electron chi connectivity index (χ2n) is 6.08. The highest BCUT2D eigenvalue weighted by Crippen LogP contribution is 2.41. The van der Waals surface area contributed by atoms with Gasteiger partial charge >= 0.3 is 0 Å². The fourth-order valence-electron chi connectivity index (χ4n) is 3.18. The molecule has 0 amide bonds. The number of rotatable bonds is 5. The number of hydrogen-bond acceptors (Lipinski definition) is 2. The van der Waals surface area contributed by atoms with Crippen molar-refractivity contribution in [1.82, 2.24) is 0 Å². The van der Waals surface area contributed by atoms with E-state index in [2.05, 4.69) is 32.9 Å². The zero-order chi connectivity index (χ0) is 13.8. The molecule has 1 aliphatic rings. The third-order valence-electron chi connectivity index (χ3n) is 4.31. The lowest BCUT2D eigenvalue weighted by Gasteiger charge is -2.23. The van der Waals surface area contributed by atoms with Gasteiger partial charge in [0.1, 0.15) is 5.75 Å². The molecule has 1 aliphatic carbocycles. The van der Waals surface area contributed by atoms with Crippen molar-refractivity contribution in [3.8, 4) is 5.75 Å². The Bertz CT molecular complexity index is 402. The first kappa shape index (κ1) is 14.4. The number of nitrogens with two attached hydrogens (primary N) is 1. The molecule has 0 aromatic heterocycles. The zero-order valence-corrected chi connectivity index (χ0v) is 12.4. The second-order valence-corrected chi connectivity index (χ2v) is 6.08. The lowest BCUT2D eigenvalue weighted by Crippen LogP contribution is -2.21. The maximum atomic E-state index is 6.51. The largest absolute Gasteiger partial charge is 0.491 e. The Hall–Kier alpha value is -1.02. The van der Waals surface area contributed by atoms with Gasteiger partial charge in [0.15, 0.2) is 0 Å². The van der Waals surface area contributed by atoms with Gasteiger partial charge in [-0.3, -0.25) is 0 Å². The maximum Gasteiger partial charge on any atom is 0.124 e. The molecule has 2 nitrogen and oxygen atoms in total. The molecule has 3 atom stereocenters. The van der Waals surface area contributed by atoms with Crippen LogP contribution in [-0.2, 0) is 0 Å². The molecule has 3 unspecified atom stereocenters. The van der Waals surface area contributed by atoms with E-state index in [1.165, 1.54) is 31.2 Å². The van der Waals surface area contributed by atoms with Crippen LogP contribution in [0.15, 0.2) is 24.3 Å². The molecule has 1 aromatic rings. The van der Waals surface area contributed by atoms with Gasteiger partial charge in [0.25, 0.3) is 0 Å². The van der Waals surface area contributed by atoms with E-state index in [1.54, 1.807) is 0 Å². The fourth-order valence-corrected chi connectivity index (χ4v) is 3.18. The highest BCUT2D eigenvalue weighted by atomic mass is 16.5. The predicted octanol–water partition coefficient (Wildman–Crippen LogP) is 4.30. The molecule has 2 rings (SSSR count). The van der Waals surface area contributed by atoms with Crippen molar-refractivity contribution in [2.45, 2.75) is 58.6 Å². The Labute approximate surface area is 117 Å². The monoisotopic (exact) mass is 261 g/mol.